The number of nitrogens with one attached hydrogen (secondary N) is 1. The van der Waals surface area contributed by atoms with Gasteiger partial charge >= 0.3 is 0 Å². The van der Waals surface area contributed by atoms with E-state index in [1.807, 2.05) is 43.5 Å². The monoisotopic (exact) mass is 677 g/mol. The predicted octanol–water partition coefficient (Wildman–Crippen LogP) is 6.31. The van der Waals surface area contributed by atoms with Gasteiger partial charge < -0.3 is 15.0 Å². The average Bonchev–Trinajstić information content (AvgIpc) is 3.09. The van der Waals surface area contributed by atoms with Crippen molar-refractivity contribution in [3.63, 3.8) is 0 Å². The van der Waals surface area contributed by atoms with E-state index in [0.29, 0.717) is 13.0 Å². The van der Waals surface area contributed by atoms with Crippen molar-refractivity contribution in [3.8, 4) is 5.75 Å². The van der Waals surface area contributed by atoms with Gasteiger partial charge in [-0.05, 0) is 67.6 Å². The Balaban J connectivity index is 1.84. The van der Waals surface area contributed by atoms with E-state index in [-0.39, 0.29) is 41.5 Å². The molecule has 0 saturated carbocycles. The van der Waals surface area contributed by atoms with Gasteiger partial charge in [-0.15, -0.1) is 11.8 Å². The number of nitrogens with zero attached hydrogens (tertiary/aromatic N) is 2. The quantitative estimate of drug-likeness (QED) is 0.140. The predicted molar refractivity (Wildman–Crippen MR) is 185 cm³/mol. The fraction of sp³-hybridized carbons (Fsp3) is 0.278. The van der Waals surface area contributed by atoms with E-state index in [1.165, 1.54) is 34.9 Å². The summed E-state index contributed by atoms with van der Waals surface area (Å²) in [5.41, 5.74) is 1.15. The van der Waals surface area contributed by atoms with Crippen molar-refractivity contribution in [2.75, 3.05) is 30.3 Å². The zero-order chi connectivity index (χ0) is 33.8. The molecule has 8 nitrogen and oxygen atoms in total. The van der Waals surface area contributed by atoms with Gasteiger partial charge in [0.15, 0.2) is 0 Å². The molecule has 0 unspecified atom stereocenters. The molecule has 11 heteroatoms. The Morgan fingerprint density at radius 2 is 1.55 bits per heavy atom. The number of carbonyl (C=O) groups is 2. The summed E-state index contributed by atoms with van der Waals surface area (Å²) in [6.45, 7) is 3.40. The van der Waals surface area contributed by atoms with Crippen molar-refractivity contribution in [2.45, 2.75) is 49.1 Å². The van der Waals surface area contributed by atoms with Crippen LogP contribution in [-0.4, -0.2) is 57.1 Å². The van der Waals surface area contributed by atoms with Crippen LogP contribution in [0.5, 0.6) is 5.75 Å². The Kier molecular flexibility index (Phi) is 12.8. The third kappa shape index (κ3) is 9.14. The molecular weight excluding hydrogens is 638 g/mol. The highest BCUT2D eigenvalue weighted by Gasteiger charge is 2.35. The van der Waals surface area contributed by atoms with Gasteiger partial charge in [0.05, 0.1) is 17.2 Å². The second kappa shape index (κ2) is 17.0. The third-order valence-corrected chi connectivity index (χ3v) is 10.00. The molecule has 248 valence electrons. The molecule has 1 N–H and O–H groups in total. The normalized spacial score (nSPS) is 11.8. The highest BCUT2D eigenvalue weighted by atomic mass is 32.2. The highest BCUT2D eigenvalue weighted by Crippen LogP contribution is 2.33. The zero-order valence-electron chi connectivity index (χ0n) is 26.8. The Bertz CT molecular complexity index is 1740. The Morgan fingerprint density at radius 1 is 0.894 bits per heavy atom. The summed E-state index contributed by atoms with van der Waals surface area (Å²) >= 11 is 1.47. The molecule has 2 amide bonds. The fourth-order valence-corrected chi connectivity index (χ4v) is 6.89. The number of halogens is 1. The lowest BCUT2D eigenvalue weighted by Crippen LogP contribution is -2.53. The lowest BCUT2D eigenvalue weighted by molar-refractivity contribution is -0.140. The van der Waals surface area contributed by atoms with Crippen LogP contribution in [0.2, 0.25) is 0 Å². The van der Waals surface area contributed by atoms with Gasteiger partial charge in [0.2, 0.25) is 11.8 Å². The molecule has 4 aromatic rings. The minimum atomic E-state index is -4.33. The topological polar surface area (TPSA) is 96.0 Å². The lowest BCUT2D eigenvalue weighted by atomic mass is 10.0. The summed E-state index contributed by atoms with van der Waals surface area (Å²) in [6.07, 6.45) is 2.69. The number of benzene rings is 4. The van der Waals surface area contributed by atoms with E-state index in [1.54, 1.807) is 61.5 Å². The molecule has 47 heavy (non-hydrogen) atoms. The van der Waals surface area contributed by atoms with Crippen molar-refractivity contribution < 1.29 is 27.1 Å². The SMILES string of the molecule is CCCNC(=O)[C@@H](Cc1ccccc1)N(Cc1ccccc1F)C(=O)CN(c1ccccc1OCC)S(=O)(=O)c1ccc(SC)cc1. The number of rotatable bonds is 16. The van der Waals surface area contributed by atoms with E-state index in [2.05, 4.69) is 5.32 Å². The molecule has 0 heterocycles. The van der Waals surface area contributed by atoms with Crippen LogP contribution in [0.25, 0.3) is 0 Å². The number of carbonyl (C=O) groups excluding carboxylic acids is 2. The zero-order valence-corrected chi connectivity index (χ0v) is 28.4. The second-order valence-electron chi connectivity index (χ2n) is 10.7. The van der Waals surface area contributed by atoms with Gasteiger partial charge in [0.1, 0.15) is 24.2 Å². The fourth-order valence-electron chi connectivity index (χ4n) is 5.06. The molecular formula is C36H40FN3O5S2. The summed E-state index contributed by atoms with van der Waals surface area (Å²) < 4.78 is 50.6. The van der Waals surface area contributed by atoms with Crippen molar-refractivity contribution in [1.29, 1.82) is 0 Å². The van der Waals surface area contributed by atoms with E-state index >= 15 is 4.39 Å². The van der Waals surface area contributed by atoms with Gasteiger partial charge in [-0.2, -0.15) is 0 Å². The van der Waals surface area contributed by atoms with Crippen LogP contribution in [0, 0.1) is 5.82 Å². The Morgan fingerprint density at radius 3 is 2.21 bits per heavy atom. The first-order valence-electron chi connectivity index (χ1n) is 15.4. The smallest absolute Gasteiger partial charge is 0.264 e. The number of anilines is 1. The summed E-state index contributed by atoms with van der Waals surface area (Å²) in [4.78, 5) is 30.5. The summed E-state index contributed by atoms with van der Waals surface area (Å²) in [7, 11) is -4.33. The van der Waals surface area contributed by atoms with E-state index in [0.717, 1.165) is 14.8 Å². The molecule has 0 radical (unpaired) electrons. The molecule has 0 bridgehead atoms. The molecule has 0 aliphatic heterocycles. The molecule has 0 spiro atoms. The standard InChI is InChI=1S/C36H40FN3O5S2/c1-4-23-38-36(42)33(24-27-13-7-6-8-14-27)39(25-28-15-9-10-16-31(28)37)35(41)26-40(32-17-11-12-18-34(32)45-5-2)47(43,44)30-21-19-29(46-3)20-22-30/h6-22,33H,4-5,23-26H2,1-3H3,(H,38,42)/t33-/m1/s1. The average molecular weight is 678 g/mol. The van der Waals surface area contributed by atoms with E-state index in [4.69, 9.17) is 4.74 Å². The number of para-hydroxylation sites is 2. The minimum Gasteiger partial charge on any atom is -0.492 e. The van der Waals surface area contributed by atoms with E-state index in [9.17, 15) is 18.0 Å². The maximum Gasteiger partial charge on any atom is 0.264 e. The van der Waals surface area contributed by atoms with Gasteiger partial charge in [-0.25, -0.2) is 12.8 Å². The summed E-state index contributed by atoms with van der Waals surface area (Å²) in [6, 6.07) is 27.1. The van der Waals surface area contributed by atoms with Crippen LogP contribution >= 0.6 is 11.8 Å². The number of hydrogen-bond donors (Lipinski definition) is 1. The van der Waals surface area contributed by atoms with Crippen LogP contribution in [0.1, 0.15) is 31.4 Å². The first-order chi connectivity index (χ1) is 22.7. The first kappa shape index (κ1) is 35.5. The van der Waals surface area contributed by atoms with Crippen LogP contribution in [0.15, 0.2) is 113 Å². The molecule has 4 aromatic carbocycles. The van der Waals surface area contributed by atoms with Crippen molar-refractivity contribution >= 4 is 39.3 Å². The number of sulfonamides is 1. The van der Waals surface area contributed by atoms with Crippen molar-refractivity contribution in [3.05, 3.63) is 120 Å². The number of hydrogen-bond acceptors (Lipinski definition) is 6. The molecule has 0 aliphatic rings. The van der Waals surface area contributed by atoms with Crippen LogP contribution in [0.4, 0.5) is 10.1 Å². The Hall–Kier alpha value is -4.35. The Labute approximate surface area is 281 Å². The highest BCUT2D eigenvalue weighted by molar-refractivity contribution is 7.98. The third-order valence-electron chi connectivity index (χ3n) is 7.48. The largest absolute Gasteiger partial charge is 0.492 e. The molecule has 4 rings (SSSR count). The molecule has 0 aromatic heterocycles. The number of amides is 2. The van der Waals surface area contributed by atoms with Crippen LogP contribution in [0.3, 0.4) is 0 Å². The van der Waals surface area contributed by atoms with Gasteiger partial charge in [0, 0.05) is 30.0 Å². The summed E-state index contributed by atoms with van der Waals surface area (Å²) in [5, 5.41) is 2.89. The maximum absolute atomic E-state index is 15.1. The molecule has 1 atom stereocenters. The molecule has 0 aliphatic carbocycles. The maximum atomic E-state index is 15.1. The van der Waals surface area contributed by atoms with Crippen molar-refractivity contribution in [2.24, 2.45) is 0 Å². The molecule has 0 saturated heterocycles. The number of ether oxygens (including phenoxy) is 1. The van der Waals surface area contributed by atoms with Gasteiger partial charge in [-0.1, -0.05) is 67.6 Å². The minimum absolute atomic E-state index is 0.0171. The van der Waals surface area contributed by atoms with E-state index < -0.39 is 40.2 Å². The van der Waals surface area contributed by atoms with Crippen LogP contribution < -0.4 is 14.4 Å². The van der Waals surface area contributed by atoms with Gasteiger partial charge in [0.25, 0.3) is 10.0 Å². The summed E-state index contributed by atoms with van der Waals surface area (Å²) in [5.74, 6) is -1.37. The van der Waals surface area contributed by atoms with Crippen LogP contribution in [-0.2, 0) is 32.6 Å². The second-order valence-corrected chi connectivity index (χ2v) is 13.4. The van der Waals surface area contributed by atoms with Gasteiger partial charge in [-0.3, -0.25) is 13.9 Å². The first-order valence-corrected chi connectivity index (χ1v) is 18.1. The van der Waals surface area contributed by atoms with Crippen molar-refractivity contribution in [1.82, 2.24) is 10.2 Å². The molecule has 0 fully saturated rings. The number of thioether (sulfide) groups is 1. The lowest BCUT2D eigenvalue weighted by Gasteiger charge is -2.34.